The van der Waals surface area contributed by atoms with Crippen molar-refractivity contribution in [1.82, 2.24) is 4.90 Å². The lowest BCUT2D eigenvalue weighted by atomic mass is 10.1. The molecule has 5 nitrogen and oxygen atoms in total. The molecule has 3 rings (SSSR count). The van der Waals surface area contributed by atoms with E-state index in [2.05, 4.69) is 10.9 Å². The van der Waals surface area contributed by atoms with Crippen molar-refractivity contribution < 1.29 is 14.3 Å². The molecule has 6 heteroatoms. The number of hydrogen-bond donors (Lipinski definition) is 0. The molecule has 0 unspecified atom stereocenters. The molecular weight excluding hydrogens is 384 g/mol. The monoisotopic (exact) mass is 406 g/mol. The standard InChI is InChI=1S/C23H22N2O3S/c1-4-14-25-22(26)20(29-23(25)24-18-11-7-6-8-12-18)16-17-10-9-13-19(27-3)21(17)28-15-5-2/h2,6-13,16H,4,14-15H2,1,3H3/b20-16-,24-23?. The third-order valence-corrected chi connectivity index (χ3v) is 5.14. The van der Waals surface area contributed by atoms with Gasteiger partial charge in [-0.2, -0.15) is 0 Å². The number of carbonyl (C=O) groups excluding carboxylic acids is 1. The number of para-hydroxylation sites is 2. The van der Waals surface area contributed by atoms with E-state index in [1.54, 1.807) is 24.2 Å². The summed E-state index contributed by atoms with van der Waals surface area (Å²) in [5.74, 6) is 3.47. The van der Waals surface area contributed by atoms with Crippen LogP contribution in [0.5, 0.6) is 11.5 Å². The van der Waals surface area contributed by atoms with Gasteiger partial charge in [-0.1, -0.05) is 43.2 Å². The molecule has 0 bridgehead atoms. The van der Waals surface area contributed by atoms with Gasteiger partial charge in [-0.15, -0.1) is 6.42 Å². The van der Waals surface area contributed by atoms with Crippen LogP contribution < -0.4 is 9.47 Å². The van der Waals surface area contributed by atoms with Crippen LogP contribution >= 0.6 is 11.8 Å². The molecule has 1 saturated heterocycles. The van der Waals surface area contributed by atoms with Gasteiger partial charge >= 0.3 is 0 Å². The Morgan fingerprint density at radius 3 is 2.69 bits per heavy atom. The minimum Gasteiger partial charge on any atom is -0.493 e. The Kier molecular flexibility index (Phi) is 6.99. The first-order valence-corrected chi connectivity index (χ1v) is 10.1. The van der Waals surface area contributed by atoms with Crippen LogP contribution in [0.3, 0.4) is 0 Å². The van der Waals surface area contributed by atoms with Gasteiger partial charge in [0.2, 0.25) is 0 Å². The number of rotatable bonds is 7. The van der Waals surface area contributed by atoms with Gasteiger partial charge in [-0.05, 0) is 42.5 Å². The maximum absolute atomic E-state index is 13.0. The van der Waals surface area contributed by atoms with Crippen LogP contribution in [-0.4, -0.2) is 36.2 Å². The van der Waals surface area contributed by atoms with Crippen molar-refractivity contribution in [2.24, 2.45) is 4.99 Å². The summed E-state index contributed by atoms with van der Waals surface area (Å²) in [7, 11) is 1.57. The number of amides is 1. The summed E-state index contributed by atoms with van der Waals surface area (Å²) in [6, 6.07) is 15.1. The Labute approximate surface area is 175 Å². The molecule has 1 amide bonds. The molecule has 0 aromatic heterocycles. The minimum atomic E-state index is -0.0720. The molecule has 1 fully saturated rings. The third-order valence-electron chi connectivity index (χ3n) is 4.13. The molecule has 2 aromatic carbocycles. The van der Waals surface area contributed by atoms with Gasteiger partial charge in [0.25, 0.3) is 5.91 Å². The largest absolute Gasteiger partial charge is 0.493 e. The Bertz CT molecular complexity index is 977. The average Bonchev–Trinajstić information content (AvgIpc) is 3.02. The molecule has 1 heterocycles. The lowest BCUT2D eigenvalue weighted by Gasteiger charge is -2.14. The van der Waals surface area contributed by atoms with Gasteiger partial charge in [0, 0.05) is 12.1 Å². The first-order valence-electron chi connectivity index (χ1n) is 9.26. The van der Waals surface area contributed by atoms with E-state index >= 15 is 0 Å². The van der Waals surface area contributed by atoms with Crippen LogP contribution in [0.1, 0.15) is 18.9 Å². The van der Waals surface area contributed by atoms with Crippen molar-refractivity contribution in [3.63, 3.8) is 0 Å². The molecule has 0 aliphatic carbocycles. The second-order valence-electron chi connectivity index (χ2n) is 6.17. The first kappa shape index (κ1) is 20.6. The summed E-state index contributed by atoms with van der Waals surface area (Å²) >= 11 is 1.35. The minimum absolute atomic E-state index is 0.0720. The predicted octanol–water partition coefficient (Wildman–Crippen LogP) is 4.72. The Morgan fingerprint density at radius 2 is 2.00 bits per heavy atom. The second-order valence-corrected chi connectivity index (χ2v) is 7.18. The van der Waals surface area contributed by atoms with Gasteiger partial charge < -0.3 is 9.47 Å². The number of terminal acetylenes is 1. The Morgan fingerprint density at radius 1 is 1.21 bits per heavy atom. The maximum atomic E-state index is 13.0. The number of amidine groups is 1. The van der Waals surface area contributed by atoms with Crippen molar-refractivity contribution in [2.45, 2.75) is 13.3 Å². The highest BCUT2D eigenvalue weighted by Gasteiger charge is 2.33. The summed E-state index contributed by atoms with van der Waals surface area (Å²) in [6.07, 6.45) is 7.97. The fourth-order valence-corrected chi connectivity index (χ4v) is 3.86. The molecule has 0 spiro atoms. The van der Waals surface area contributed by atoms with E-state index in [1.165, 1.54) is 11.8 Å². The van der Waals surface area contributed by atoms with E-state index in [1.807, 2.05) is 49.4 Å². The van der Waals surface area contributed by atoms with Crippen LogP contribution in [0.4, 0.5) is 5.69 Å². The summed E-state index contributed by atoms with van der Waals surface area (Å²) < 4.78 is 11.1. The van der Waals surface area contributed by atoms with Gasteiger partial charge in [0.15, 0.2) is 16.7 Å². The lowest BCUT2D eigenvalue weighted by Crippen LogP contribution is -2.29. The van der Waals surface area contributed by atoms with Crippen LogP contribution in [0.2, 0.25) is 0 Å². The SMILES string of the molecule is C#CCOc1c(/C=C2\SC(=Nc3ccccc3)N(CCC)C2=O)cccc1OC. The smallest absolute Gasteiger partial charge is 0.266 e. The van der Waals surface area contributed by atoms with E-state index in [-0.39, 0.29) is 12.5 Å². The van der Waals surface area contributed by atoms with Crippen LogP contribution in [-0.2, 0) is 4.79 Å². The van der Waals surface area contributed by atoms with E-state index < -0.39 is 0 Å². The highest BCUT2D eigenvalue weighted by molar-refractivity contribution is 8.18. The van der Waals surface area contributed by atoms with E-state index in [9.17, 15) is 4.79 Å². The van der Waals surface area contributed by atoms with Crippen molar-refractivity contribution in [3.05, 3.63) is 59.0 Å². The van der Waals surface area contributed by atoms with Gasteiger partial charge in [-0.25, -0.2) is 4.99 Å². The van der Waals surface area contributed by atoms with Crippen molar-refractivity contribution in [3.8, 4) is 23.8 Å². The van der Waals surface area contributed by atoms with E-state index in [4.69, 9.17) is 15.9 Å². The zero-order chi connectivity index (χ0) is 20.6. The Balaban J connectivity index is 1.99. The molecule has 2 aromatic rings. The molecule has 0 saturated carbocycles. The number of hydrogen-bond acceptors (Lipinski definition) is 5. The van der Waals surface area contributed by atoms with E-state index in [0.29, 0.717) is 28.1 Å². The fraction of sp³-hybridized carbons (Fsp3) is 0.217. The van der Waals surface area contributed by atoms with Crippen LogP contribution in [0.15, 0.2) is 58.4 Å². The van der Waals surface area contributed by atoms with Gasteiger partial charge in [0.1, 0.15) is 6.61 Å². The maximum Gasteiger partial charge on any atom is 0.266 e. The normalized spacial score (nSPS) is 16.3. The number of ether oxygens (including phenoxy) is 2. The highest BCUT2D eigenvalue weighted by atomic mass is 32.2. The average molecular weight is 407 g/mol. The van der Waals surface area contributed by atoms with Crippen molar-refractivity contribution in [1.29, 1.82) is 0 Å². The summed E-state index contributed by atoms with van der Waals surface area (Å²) in [5.41, 5.74) is 1.54. The number of nitrogens with zero attached hydrogens (tertiary/aromatic N) is 2. The number of carbonyl (C=O) groups is 1. The lowest BCUT2D eigenvalue weighted by molar-refractivity contribution is -0.122. The van der Waals surface area contributed by atoms with Gasteiger partial charge in [0.05, 0.1) is 17.7 Å². The highest BCUT2D eigenvalue weighted by Crippen LogP contribution is 2.38. The third kappa shape index (κ3) is 4.82. The summed E-state index contributed by atoms with van der Waals surface area (Å²) in [6.45, 7) is 2.75. The van der Waals surface area contributed by atoms with E-state index in [0.717, 1.165) is 17.7 Å². The summed E-state index contributed by atoms with van der Waals surface area (Å²) in [5, 5.41) is 0.670. The van der Waals surface area contributed by atoms with Crippen LogP contribution in [0, 0.1) is 12.3 Å². The van der Waals surface area contributed by atoms with Crippen LogP contribution in [0.25, 0.3) is 6.08 Å². The molecular formula is C23H22N2O3S. The van der Waals surface area contributed by atoms with Gasteiger partial charge in [-0.3, -0.25) is 9.69 Å². The predicted molar refractivity (Wildman–Crippen MR) is 118 cm³/mol. The molecule has 0 atom stereocenters. The first-order chi connectivity index (χ1) is 14.2. The second kappa shape index (κ2) is 9.85. The molecule has 1 aliphatic rings. The molecule has 148 valence electrons. The van der Waals surface area contributed by atoms with Crippen molar-refractivity contribution in [2.75, 3.05) is 20.3 Å². The molecule has 0 radical (unpaired) electrons. The quantitative estimate of drug-likeness (QED) is 0.493. The zero-order valence-electron chi connectivity index (χ0n) is 16.4. The topological polar surface area (TPSA) is 51.1 Å². The molecule has 29 heavy (non-hydrogen) atoms. The summed E-state index contributed by atoms with van der Waals surface area (Å²) in [4.78, 5) is 20.0. The molecule has 0 N–H and O–H groups in total. The number of methoxy groups -OCH3 is 1. The Hall–Kier alpha value is -3.17. The molecule has 1 aliphatic heterocycles. The fourth-order valence-electron chi connectivity index (χ4n) is 2.84. The number of thioether (sulfide) groups is 1. The number of aliphatic imine (C=N–C) groups is 1. The zero-order valence-corrected chi connectivity index (χ0v) is 17.2. The number of benzene rings is 2. The van der Waals surface area contributed by atoms with Crippen molar-refractivity contribution >= 4 is 34.6 Å².